The van der Waals surface area contributed by atoms with E-state index >= 15 is 0 Å². The lowest BCUT2D eigenvalue weighted by Crippen LogP contribution is -2.30. The molecule has 486 valence electrons. The standard InChI is InChI=1S/C63H122O17P2/c1-8-9-10-11-12-23-30-37-44-60(65)73-50-59(80-63(68)47-40-33-26-19-22-29-36-43-56(6)7)53-78-82(71,72)76-49-57(64)48-75-81(69,70)77-52-58(79-62(67)46-39-32-25-18-14-16-21-28-35-42-55(4)5)51-74-61(66)45-38-31-24-17-13-15-20-27-34-41-54(2)3/h54-59,64H,8-53H2,1-7H3,(H,69,70)(H,71,72)/t57-,58-,59-/m1/s1. The number of unbranched alkanes of at least 4 members (excludes halogenated alkanes) is 29. The summed E-state index contributed by atoms with van der Waals surface area (Å²) in [5.41, 5.74) is 0. The molecule has 0 bridgehead atoms. The first-order chi connectivity index (χ1) is 39.2. The number of hydrogen-bond acceptors (Lipinski definition) is 15. The zero-order chi connectivity index (χ0) is 61.0. The maximum absolute atomic E-state index is 13.0. The average Bonchev–Trinajstić information content (AvgIpc) is 3.42. The summed E-state index contributed by atoms with van der Waals surface area (Å²) in [4.78, 5) is 72.1. The first-order valence-corrected chi connectivity index (χ1v) is 35.8. The SMILES string of the molecule is CCCCCCCCCCC(=O)OC[C@H](COP(=O)(O)OC[C@H](O)COP(=O)(O)OC[C@@H](COC(=O)CCCCCCCCCCCC(C)C)OC(=O)CCCCCCCCCCCC(C)C)OC(=O)CCCCCCCCCC(C)C. The quantitative estimate of drug-likeness (QED) is 0.0222. The molecule has 0 aromatic rings. The summed E-state index contributed by atoms with van der Waals surface area (Å²) in [6.07, 6.45) is 35.0. The molecule has 0 aromatic carbocycles. The molecule has 0 aliphatic carbocycles. The van der Waals surface area contributed by atoms with Gasteiger partial charge in [0, 0.05) is 25.7 Å². The zero-order valence-electron chi connectivity index (χ0n) is 52.9. The molecule has 0 heterocycles. The highest BCUT2D eigenvalue weighted by molar-refractivity contribution is 7.47. The third-order valence-electron chi connectivity index (χ3n) is 14.4. The maximum Gasteiger partial charge on any atom is 0.472 e. The predicted octanol–water partition coefficient (Wildman–Crippen LogP) is 17.1. The van der Waals surface area contributed by atoms with Gasteiger partial charge in [0.1, 0.15) is 19.3 Å². The largest absolute Gasteiger partial charge is 0.472 e. The molecule has 0 rings (SSSR count). The zero-order valence-corrected chi connectivity index (χ0v) is 54.7. The van der Waals surface area contributed by atoms with Crippen molar-refractivity contribution in [2.45, 2.75) is 324 Å². The fourth-order valence-electron chi connectivity index (χ4n) is 9.30. The van der Waals surface area contributed by atoms with Gasteiger partial charge in [-0.3, -0.25) is 37.3 Å². The van der Waals surface area contributed by atoms with Crippen molar-refractivity contribution in [3.8, 4) is 0 Å². The Morgan fingerprint density at radius 2 is 0.561 bits per heavy atom. The van der Waals surface area contributed by atoms with Gasteiger partial charge in [-0.05, 0) is 43.4 Å². The van der Waals surface area contributed by atoms with E-state index in [-0.39, 0.29) is 25.7 Å². The lowest BCUT2D eigenvalue weighted by Gasteiger charge is -2.21. The number of esters is 4. The summed E-state index contributed by atoms with van der Waals surface area (Å²) in [5.74, 6) is 0.0347. The molecular formula is C63H122O17P2. The van der Waals surface area contributed by atoms with E-state index in [1.165, 1.54) is 109 Å². The van der Waals surface area contributed by atoms with E-state index in [1.54, 1.807) is 0 Å². The molecule has 17 nitrogen and oxygen atoms in total. The van der Waals surface area contributed by atoms with Crippen LogP contribution in [0.2, 0.25) is 0 Å². The Balaban J connectivity index is 5.24. The second-order valence-electron chi connectivity index (χ2n) is 24.2. The summed E-state index contributed by atoms with van der Waals surface area (Å²) in [6, 6.07) is 0. The summed E-state index contributed by atoms with van der Waals surface area (Å²) in [6.45, 7) is 11.7. The summed E-state index contributed by atoms with van der Waals surface area (Å²) >= 11 is 0. The van der Waals surface area contributed by atoms with Crippen molar-refractivity contribution in [2.75, 3.05) is 39.6 Å². The number of rotatable bonds is 61. The van der Waals surface area contributed by atoms with Gasteiger partial charge in [-0.25, -0.2) is 9.13 Å². The molecule has 0 amide bonds. The molecule has 0 spiro atoms. The van der Waals surface area contributed by atoms with Crippen LogP contribution < -0.4 is 0 Å². The van der Waals surface area contributed by atoms with Gasteiger partial charge >= 0.3 is 39.5 Å². The van der Waals surface area contributed by atoms with E-state index < -0.39 is 97.5 Å². The van der Waals surface area contributed by atoms with Gasteiger partial charge in [0.05, 0.1) is 26.4 Å². The second-order valence-corrected chi connectivity index (χ2v) is 27.1. The Bertz CT molecular complexity index is 1630. The highest BCUT2D eigenvalue weighted by Crippen LogP contribution is 2.45. The molecule has 0 radical (unpaired) electrons. The van der Waals surface area contributed by atoms with Crippen LogP contribution in [-0.2, 0) is 65.4 Å². The number of carbonyl (C=O) groups is 4. The minimum Gasteiger partial charge on any atom is -0.462 e. The number of hydrogen-bond donors (Lipinski definition) is 3. The highest BCUT2D eigenvalue weighted by Gasteiger charge is 2.30. The van der Waals surface area contributed by atoms with Gasteiger partial charge < -0.3 is 33.8 Å². The van der Waals surface area contributed by atoms with Crippen LogP contribution in [0.3, 0.4) is 0 Å². The Morgan fingerprint density at radius 3 is 0.829 bits per heavy atom. The Kier molecular flexibility index (Phi) is 53.2. The normalized spacial score (nSPS) is 14.4. The lowest BCUT2D eigenvalue weighted by atomic mass is 10.0. The van der Waals surface area contributed by atoms with Gasteiger partial charge in [-0.2, -0.15) is 0 Å². The maximum atomic E-state index is 13.0. The minimum absolute atomic E-state index is 0.103. The van der Waals surface area contributed by atoms with Gasteiger partial charge in [-0.15, -0.1) is 0 Å². The fourth-order valence-corrected chi connectivity index (χ4v) is 10.9. The van der Waals surface area contributed by atoms with E-state index in [0.717, 1.165) is 108 Å². The first kappa shape index (κ1) is 80.1. The van der Waals surface area contributed by atoms with E-state index in [1.807, 2.05) is 0 Å². The third-order valence-corrected chi connectivity index (χ3v) is 16.3. The van der Waals surface area contributed by atoms with Crippen molar-refractivity contribution >= 4 is 39.5 Å². The number of phosphoric acid groups is 2. The van der Waals surface area contributed by atoms with Crippen molar-refractivity contribution in [1.29, 1.82) is 0 Å². The smallest absolute Gasteiger partial charge is 0.462 e. The van der Waals surface area contributed by atoms with Gasteiger partial charge in [0.2, 0.25) is 0 Å². The number of carbonyl (C=O) groups excluding carboxylic acids is 4. The molecule has 82 heavy (non-hydrogen) atoms. The van der Waals surface area contributed by atoms with Crippen molar-refractivity contribution < 1.29 is 80.2 Å². The summed E-state index contributed by atoms with van der Waals surface area (Å²) in [5, 5.41) is 10.5. The second kappa shape index (κ2) is 54.5. The van der Waals surface area contributed by atoms with Crippen molar-refractivity contribution in [1.82, 2.24) is 0 Å². The monoisotopic (exact) mass is 1210 g/mol. The van der Waals surface area contributed by atoms with Crippen LogP contribution in [0.15, 0.2) is 0 Å². The van der Waals surface area contributed by atoms with Crippen LogP contribution in [0.4, 0.5) is 0 Å². The molecule has 0 aromatic heterocycles. The third kappa shape index (κ3) is 57.2. The number of phosphoric ester groups is 2. The van der Waals surface area contributed by atoms with Crippen LogP contribution >= 0.6 is 15.6 Å². The lowest BCUT2D eigenvalue weighted by molar-refractivity contribution is -0.161. The molecule has 3 N–H and O–H groups in total. The van der Waals surface area contributed by atoms with Gasteiger partial charge in [-0.1, -0.05) is 254 Å². The molecular weight excluding hydrogens is 1090 g/mol. The Hall–Kier alpha value is -1.94. The fraction of sp³-hybridized carbons (Fsp3) is 0.937. The average molecular weight is 1210 g/mol. The summed E-state index contributed by atoms with van der Waals surface area (Å²) < 4.78 is 67.9. The molecule has 0 aliphatic rings. The molecule has 0 saturated heterocycles. The van der Waals surface area contributed by atoms with E-state index in [2.05, 4.69) is 48.5 Å². The van der Waals surface area contributed by atoms with E-state index in [0.29, 0.717) is 31.6 Å². The summed E-state index contributed by atoms with van der Waals surface area (Å²) in [7, 11) is -9.88. The van der Waals surface area contributed by atoms with Crippen molar-refractivity contribution in [3.05, 3.63) is 0 Å². The van der Waals surface area contributed by atoms with Crippen LogP contribution in [0.5, 0.6) is 0 Å². The molecule has 0 saturated carbocycles. The number of aliphatic hydroxyl groups is 1. The predicted molar refractivity (Wildman–Crippen MR) is 326 cm³/mol. The topological polar surface area (TPSA) is 237 Å². The Labute approximate surface area is 498 Å². The highest BCUT2D eigenvalue weighted by atomic mass is 31.2. The number of aliphatic hydroxyl groups excluding tert-OH is 1. The molecule has 5 atom stereocenters. The molecule has 2 unspecified atom stereocenters. The first-order valence-electron chi connectivity index (χ1n) is 32.8. The van der Waals surface area contributed by atoms with Crippen molar-refractivity contribution in [2.24, 2.45) is 17.8 Å². The van der Waals surface area contributed by atoms with Crippen LogP contribution in [0.1, 0.15) is 305 Å². The molecule has 0 aliphatic heterocycles. The van der Waals surface area contributed by atoms with Crippen LogP contribution in [0.25, 0.3) is 0 Å². The Morgan fingerprint density at radius 1 is 0.329 bits per heavy atom. The van der Waals surface area contributed by atoms with E-state index in [9.17, 15) is 43.2 Å². The minimum atomic E-state index is -4.94. The van der Waals surface area contributed by atoms with Gasteiger partial charge in [0.25, 0.3) is 0 Å². The van der Waals surface area contributed by atoms with Crippen molar-refractivity contribution in [3.63, 3.8) is 0 Å². The van der Waals surface area contributed by atoms with E-state index in [4.69, 9.17) is 37.0 Å². The van der Waals surface area contributed by atoms with Gasteiger partial charge in [0.15, 0.2) is 12.2 Å². The molecule has 0 fully saturated rings. The number of ether oxygens (including phenoxy) is 4. The van der Waals surface area contributed by atoms with Crippen LogP contribution in [-0.4, -0.2) is 96.7 Å². The molecule has 19 heteroatoms. The van der Waals surface area contributed by atoms with Crippen LogP contribution in [0, 0.1) is 17.8 Å².